The van der Waals surface area contributed by atoms with Gasteiger partial charge in [-0.15, -0.1) is 0 Å². The standard InChI is InChI=1S/C10H17N3O2S2/c1-11-9-5-4-6-12-10(9)17(14,15)13(2)7-8-16-3/h4-6,11H,7-8H2,1-3H3. The summed E-state index contributed by atoms with van der Waals surface area (Å²) in [4.78, 5) is 3.95. The third-order valence-corrected chi connectivity index (χ3v) is 4.71. The largest absolute Gasteiger partial charge is 0.386 e. The zero-order valence-corrected chi connectivity index (χ0v) is 11.8. The Hall–Kier alpha value is -0.790. The Bertz CT molecular complexity index is 462. The second kappa shape index (κ2) is 6.23. The normalized spacial score (nSPS) is 11.8. The molecular formula is C10H17N3O2S2. The lowest BCUT2D eigenvalue weighted by molar-refractivity contribution is 0.486. The molecule has 0 aliphatic heterocycles. The summed E-state index contributed by atoms with van der Waals surface area (Å²) in [6.45, 7) is 0.475. The van der Waals surface area contributed by atoms with Crippen LogP contribution in [-0.4, -0.2) is 50.4 Å². The molecule has 0 amide bonds. The third kappa shape index (κ3) is 3.34. The van der Waals surface area contributed by atoms with E-state index < -0.39 is 10.0 Å². The number of nitrogens with one attached hydrogen (secondary N) is 1. The fourth-order valence-corrected chi connectivity index (χ4v) is 3.12. The Labute approximate surface area is 107 Å². The van der Waals surface area contributed by atoms with Crippen LogP contribution >= 0.6 is 11.8 Å². The van der Waals surface area contributed by atoms with Gasteiger partial charge in [0.2, 0.25) is 0 Å². The van der Waals surface area contributed by atoms with E-state index in [-0.39, 0.29) is 5.03 Å². The summed E-state index contributed by atoms with van der Waals surface area (Å²) in [7, 11) is -0.260. The van der Waals surface area contributed by atoms with Crippen LogP contribution in [0.4, 0.5) is 5.69 Å². The molecule has 1 aromatic heterocycles. The van der Waals surface area contributed by atoms with Gasteiger partial charge in [0.25, 0.3) is 10.0 Å². The summed E-state index contributed by atoms with van der Waals surface area (Å²) < 4.78 is 25.8. The smallest absolute Gasteiger partial charge is 0.262 e. The lowest BCUT2D eigenvalue weighted by atomic mass is 10.4. The predicted molar refractivity (Wildman–Crippen MR) is 72.0 cm³/mol. The second-order valence-electron chi connectivity index (χ2n) is 3.43. The van der Waals surface area contributed by atoms with Crippen molar-refractivity contribution in [3.63, 3.8) is 0 Å². The monoisotopic (exact) mass is 275 g/mol. The molecule has 1 rings (SSSR count). The highest BCUT2D eigenvalue weighted by atomic mass is 32.2. The molecule has 1 N–H and O–H groups in total. The van der Waals surface area contributed by atoms with E-state index >= 15 is 0 Å². The number of anilines is 1. The van der Waals surface area contributed by atoms with E-state index in [1.165, 1.54) is 10.5 Å². The molecule has 1 heterocycles. The van der Waals surface area contributed by atoms with Gasteiger partial charge in [-0.1, -0.05) is 0 Å². The average Bonchev–Trinajstić information content (AvgIpc) is 2.35. The van der Waals surface area contributed by atoms with Gasteiger partial charge in [0, 0.05) is 32.6 Å². The van der Waals surface area contributed by atoms with Gasteiger partial charge in [0.15, 0.2) is 5.03 Å². The summed E-state index contributed by atoms with van der Waals surface area (Å²) in [5.74, 6) is 0.761. The van der Waals surface area contributed by atoms with E-state index in [4.69, 9.17) is 0 Å². The SMILES string of the molecule is CNc1cccnc1S(=O)(=O)N(C)CCSC. The summed E-state index contributed by atoms with van der Waals surface area (Å²) in [6.07, 6.45) is 3.43. The first-order chi connectivity index (χ1) is 8.04. The van der Waals surface area contributed by atoms with E-state index in [0.717, 1.165) is 5.75 Å². The molecular weight excluding hydrogens is 258 g/mol. The van der Waals surface area contributed by atoms with Gasteiger partial charge in [0.05, 0.1) is 5.69 Å². The Morgan fingerprint density at radius 2 is 2.24 bits per heavy atom. The number of sulfonamides is 1. The Kier molecular flexibility index (Phi) is 5.23. The average molecular weight is 275 g/mol. The molecule has 1 aromatic rings. The number of pyridine rings is 1. The number of hydrogen-bond donors (Lipinski definition) is 1. The molecule has 17 heavy (non-hydrogen) atoms. The Morgan fingerprint density at radius 1 is 1.53 bits per heavy atom. The maximum absolute atomic E-state index is 12.2. The van der Waals surface area contributed by atoms with Crippen LogP contribution in [0.3, 0.4) is 0 Å². The number of hydrogen-bond acceptors (Lipinski definition) is 5. The molecule has 0 unspecified atom stereocenters. The highest BCUT2D eigenvalue weighted by Crippen LogP contribution is 2.20. The number of thioether (sulfide) groups is 1. The van der Waals surface area contributed by atoms with Crippen molar-refractivity contribution in [1.82, 2.24) is 9.29 Å². The maximum Gasteiger partial charge on any atom is 0.262 e. The molecule has 7 heteroatoms. The van der Waals surface area contributed by atoms with Gasteiger partial charge in [-0.2, -0.15) is 16.1 Å². The molecule has 0 spiro atoms. The molecule has 0 aliphatic rings. The number of aromatic nitrogens is 1. The topological polar surface area (TPSA) is 62.3 Å². The maximum atomic E-state index is 12.2. The Balaban J connectivity index is 3.04. The van der Waals surface area contributed by atoms with Crippen molar-refractivity contribution < 1.29 is 8.42 Å². The summed E-state index contributed by atoms with van der Waals surface area (Å²) in [5, 5.41) is 2.91. The van der Waals surface area contributed by atoms with Crippen LogP contribution in [0.5, 0.6) is 0 Å². The van der Waals surface area contributed by atoms with Crippen molar-refractivity contribution in [3.05, 3.63) is 18.3 Å². The van der Waals surface area contributed by atoms with Gasteiger partial charge >= 0.3 is 0 Å². The molecule has 5 nitrogen and oxygen atoms in total. The molecule has 0 saturated heterocycles. The summed E-state index contributed by atoms with van der Waals surface area (Å²) in [6, 6.07) is 3.40. The van der Waals surface area contributed by atoms with E-state index in [1.807, 2.05) is 6.26 Å². The molecule has 96 valence electrons. The van der Waals surface area contributed by atoms with Gasteiger partial charge in [-0.25, -0.2) is 13.4 Å². The molecule has 0 bridgehead atoms. The van der Waals surface area contributed by atoms with E-state index in [1.54, 1.807) is 38.0 Å². The van der Waals surface area contributed by atoms with Crippen LogP contribution in [0.1, 0.15) is 0 Å². The quantitative estimate of drug-likeness (QED) is 0.842. The molecule has 0 radical (unpaired) electrons. The lowest BCUT2D eigenvalue weighted by Gasteiger charge is -2.17. The highest BCUT2D eigenvalue weighted by Gasteiger charge is 2.24. The first-order valence-electron chi connectivity index (χ1n) is 5.12. The number of nitrogens with zero attached hydrogens (tertiary/aromatic N) is 2. The molecule has 0 aromatic carbocycles. The number of rotatable bonds is 6. The van der Waals surface area contributed by atoms with Crippen LogP contribution in [0, 0.1) is 0 Å². The fraction of sp³-hybridized carbons (Fsp3) is 0.500. The van der Waals surface area contributed by atoms with Crippen molar-refractivity contribution in [1.29, 1.82) is 0 Å². The van der Waals surface area contributed by atoms with Crippen molar-refractivity contribution >= 4 is 27.5 Å². The van der Waals surface area contributed by atoms with E-state index in [9.17, 15) is 8.42 Å². The third-order valence-electron chi connectivity index (χ3n) is 2.31. The van der Waals surface area contributed by atoms with Gasteiger partial charge < -0.3 is 5.32 Å². The fourth-order valence-electron chi connectivity index (χ4n) is 1.27. The van der Waals surface area contributed by atoms with Crippen LogP contribution in [-0.2, 0) is 10.0 Å². The zero-order chi connectivity index (χ0) is 12.9. The summed E-state index contributed by atoms with van der Waals surface area (Å²) >= 11 is 1.61. The van der Waals surface area contributed by atoms with Gasteiger partial charge in [0.1, 0.15) is 0 Å². The van der Waals surface area contributed by atoms with Crippen LogP contribution in [0.15, 0.2) is 23.4 Å². The van der Waals surface area contributed by atoms with Crippen molar-refractivity contribution in [3.8, 4) is 0 Å². The molecule has 0 fully saturated rings. The minimum absolute atomic E-state index is 0.0751. The minimum Gasteiger partial charge on any atom is -0.386 e. The van der Waals surface area contributed by atoms with Crippen molar-refractivity contribution in [2.75, 3.05) is 38.0 Å². The van der Waals surface area contributed by atoms with Crippen LogP contribution in [0.2, 0.25) is 0 Å². The van der Waals surface area contributed by atoms with Crippen molar-refractivity contribution in [2.24, 2.45) is 0 Å². The molecule has 0 atom stereocenters. The van der Waals surface area contributed by atoms with E-state index in [0.29, 0.717) is 12.2 Å². The Morgan fingerprint density at radius 3 is 2.82 bits per heavy atom. The van der Waals surface area contributed by atoms with E-state index in [2.05, 4.69) is 10.3 Å². The van der Waals surface area contributed by atoms with Crippen LogP contribution in [0.25, 0.3) is 0 Å². The zero-order valence-electron chi connectivity index (χ0n) is 10.2. The highest BCUT2D eigenvalue weighted by molar-refractivity contribution is 7.98. The van der Waals surface area contributed by atoms with Gasteiger partial charge in [-0.3, -0.25) is 0 Å². The van der Waals surface area contributed by atoms with Crippen LogP contribution < -0.4 is 5.32 Å². The first kappa shape index (κ1) is 14.3. The van der Waals surface area contributed by atoms with Gasteiger partial charge in [-0.05, 0) is 18.4 Å². The summed E-state index contributed by atoms with van der Waals surface area (Å²) in [5.41, 5.74) is 0.517. The second-order valence-corrected chi connectivity index (χ2v) is 6.37. The molecule has 0 saturated carbocycles. The van der Waals surface area contributed by atoms with Crippen molar-refractivity contribution in [2.45, 2.75) is 5.03 Å². The molecule has 0 aliphatic carbocycles. The first-order valence-corrected chi connectivity index (χ1v) is 7.95. The predicted octanol–water partition coefficient (Wildman–Crippen LogP) is 1.11. The minimum atomic E-state index is -3.51. The lowest BCUT2D eigenvalue weighted by Crippen LogP contribution is -2.30.